The molecule has 1 aromatic heterocycles. The maximum Gasteiger partial charge on any atom is 0.248 e. The van der Waals surface area contributed by atoms with Crippen molar-refractivity contribution in [3.63, 3.8) is 0 Å². The lowest BCUT2D eigenvalue weighted by Gasteiger charge is -2.14. The third-order valence-electron chi connectivity index (χ3n) is 4.95. The number of nitrogens with one attached hydrogen (secondary N) is 1. The van der Waals surface area contributed by atoms with E-state index in [0.717, 1.165) is 21.8 Å². The first-order valence-corrected chi connectivity index (χ1v) is 11.2. The maximum absolute atomic E-state index is 12.8. The number of carbonyl (C=O) groups excluding carboxylic acids is 2. The number of thioether (sulfide) groups is 1. The van der Waals surface area contributed by atoms with Crippen molar-refractivity contribution in [2.45, 2.75) is 23.9 Å². The topological polar surface area (TPSA) is 90.0 Å². The highest BCUT2D eigenvalue weighted by atomic mass is 35.5. The number of nitrogens with two attached hydrogens (primary N) is 1. The third kappa shape index (κ3) is 4.95. The Labute approximate surface area is 194 Å². The average molecular weight is 465 g/mol. The molecule has 3 aromatic carbocycles. The Morgan fingerprint density at radius 1 is 1.09 bits per heavy atom. The molecule has 0 unspecified atom stereocenters. The standard InChI is InChI=1S/C24H21ClN4O2S/c1-15(23(31)27-19-10-7-17(8-11-19)22(26)30)32-24-28-20-13-18(25)9-12-21(20)29(24)14-16-5-3-2-4-6-16/h2-13,15H,14H2,1H3,(H2,26,30)(H,27,31)/t15-/m0/s1. The Hall–Kier alpha value is -3.29. The van der Waals surface area contributed by atoms with Crippen LogP contribution in [0.1, 0.15) is 22.8 Å². The first-order valence-electron chi connectivity index (χ1n) is 9.98. The van der Waals surface area contributed by atoms with Crippen molar-refractivity contribution < 1.29 is 9.59 Å². The molecule has 1 atom stereocenters. The second-order valence-electron chi connectivity index (χ2n) is 7.29. The van der Waals surface area contributed by atoms with E-state index in [1.54, 1.807) is 24.3 Å². The summed E-state index contributed by atoms with van der Waals surface area (Å²) >= 11 is 7.55. The molecule has 162 valence electrons. The molecule has 32 heavy (non-hydrogen) atoms. The van der Waals surface area contributed by atoms with E-state index in [1.165, 1.54) is 11.8 Å². The van der Waals surface area contributed by atoms with Gasteiger partial charge < -0.3 is 15.6 Å². The smallest absolute Gasteiger partial charge is 0.248 e. The largest absolute Gasteiger partial charge is 0.366 e. The van der Waals surface area contributed by atoms with Gasteiger partial charge in [0.25, 0.3) is 0 Å². The molecule has 4 rings (SSSR count). The number of benzene rings is 3. The minimum absolute atomic E-state index is 0.168. The van der Waals surface area contributed by atoms with Crippen LogP contribution in [0.3, 0.4) is 0 Å². The van der Waals surface area contributed by atoms with E-state index in [1.807, 2.05) is 43.3 Å². The number of nitrogens with zero attached hydrogens (tertiary/aromatic N) is 2. The fraction of sp³-hybridized carbons (Fsp3) is 0.125. The number of hydrogen-bond donors (Lipinski definition) is 2. The number of rotatable bonds is 7. The van der Waals surface area contributed by atoms with Crippen LogP contribution in [-0.4, -0.2) is 26.6 Å². The molecule has 0 saturated carbocycles. The van der Waals surface area contributed by atoms with E-state index in [9.17, 15) is 9.59 Å². The van der Waals surface area contributed by atoms with Crippen molar-refractivity contribution in [2.24, 2.45) is 5.73 Å². The van der Waals surface area contributed by atoms with Gasteiger partial charge in [0.15, 0.2) is 5.16 Å². The molecule has 0 bridgehead atoms. The summed E-state index contributed by atoms with van der Waals surface area (Å²) < 4.78 is 2.09. The maximum atomic E-state index is 12.8. The number of amides is 2. The van der Waals surface area contributed by atoms with Crippen LogP contribution < -0.4 is 11.1 Å². The predicted molar refractivity (Wildman–Crippen MR) is 129 cm³/mol. The summed E-state index contributed by atoms with van der Waals surface area (Å²) in [6.07, 6.45) is 0. The molecule has 1 heterocycles. The average Bonchev–Trinajstić information content (AvgIpc) is 3.10. The molecule has 0 radical (unpaired) electrons. The van der Waals surface area contributed by atoms with E-state index in [-0.39, 0.29) is 5.91 Å². The van der Waals surface area contributed by atoms with Gasteiger partial charge in [-0.3, -0.25) is 9.59 Å². The van der Waals surface area contributed by atoms with Crippen LogP contribution in [0.25, 0.3) is 11.0 Å². The Balaban J connectivity index is 1.56. The highest BCUT2D eigenvalue weighted by Gasteiger charge is 2.20. The van der Waals surface area contributed by atoms with E-state index in [0.29, 0.717) is 22.8 Å². The highest BCUT2D eigenvalue weighted by Crippen LogP contribution is 2.30. The highest BCUT2D eigenvalue weighted by molar-refractivity contribution is 8.00. The molecule has 0 saturated heterocycles. The first kappa shape index (κ1) is 21.9. The Bertz CT molecular complexity index is 1270. The van der Waals surface area contributed by atoms with Gasteiger partial charge in [-0.05, 0) is 55.0 Å². The number of halogens is 1. The minimum atomic E-state index is -0.510. The van der Waals surface area contributed by atoms with Crippen molar-refractivity contribution in [3.05, 3.63) is 88.9 Å². The summed E-state index contributed by atoms with van der Waals surface area (Å²) in [6.45, 7) is 2.46. The number of aromatic nitrogens is 2. The number of carbonyl (C=O) groups is 2. The van der Waals surface area contributed by atoms with Gasteiger partial charge in [0.2, 0.25) is 11.8 Å². The third-order valence-corrected chi connectivity index (χ3v) is 6.27. The molecular weight excluding hydrogens is 444 g/mol. The van der Waals surface area contributed by atoms with Gasteiger partial charge >= 0.3 is 0 Å². The van der Waals surface area contributed by atoms with Crippen molar-refractivity contribution >= 4 is 51.9 Å². The quantitative estimate of drug-likeness (QED) is 0.378. The zero-order chi connectivity index (χ0) is 22.7. The van der Waals surface area contributed by atoms with Crippen LogP contribution in [0.15, 0.2) is 78.0 Å². The van der Waals surface area contributed by atoms with Crippen LogP contribution in [0.2, 0.25) is 5.02 Å². The Kier molecular flexibility index (Phi) is 6.48. The zero-order valence-corrected chi connectivity index (χ0v) is 18.9. The van der Waals surface area contributed by atoms with E-state index >= 15 is 0 Å². The predicted octanol–water partition coefficient (Wildman–Crippen LogP) is 4.96. The Morgan fingerprint density at radius 3 is 2.50 bits per heavy atom. The molecule has 6 nitrogen and oxygen atoms in total. The van der Waals surface area contributed by atoms with Gasteiger partial charge in [-0.25, -0.2) is 4.98 Å². The lowest BCUT2D eigenvalue weighted by molar-refractivity contribution is -0.115. The monoisotopic (exact) mass is 464 g/mol. The number of hydrogen-bond acceptors (Lipinski definition) is 4. The van der Waals surface area contributed by atoms with Crippen LogP contribution >= 0.6 is 23.4 Å². The van der Waals surface area contributed by atoms with Gasteiger partial charge in [-0.2, -0.15) is 0 Å². The van der Waals surface area contributed by atoms with Gasteiger partial charge in [0, 0.05) is 16.3 Å². The van der Waals surface area contributed by atoms with Crippen LogP contribution in [0.4, 0.5) is 5.69 Å². The fourth-order valence-corrected chi connectivity index (χ4v) is 4.35. The lowest BCUT2D eigenvalue weighted by atomic mass is 10.2. The molecule has 2 amide bonds. The fourth-order valence-electron chi connectivity index (χ4n) is 3.26. The molecule has 0 aliphatic heterocycles. The van der Waals surface area contributed by atoms with Crippen molar-refractivity contribution in [1.29, 1.82) is 0 Å². The molecule has 0 spiro atoms. The second-order valence-corrected chi connectivity index (χ2v) is 9.03. The van der Waals surface area contributed by atoms with Crippen molar-refractivity contribution in [1.82, 2.24) is 9.55 Å². The second kappa shape index (κ2) is 9.46. The molecule has 0 aliphatic carbocycles. The number of primary amides is 1. The van der Waals surface area contributed by atoms with Crippen molar-refractivity contribution in [2.75, 3.05) is 5.32 Å². The number of fused-ring (bicyclic) bond motifs is 1. The van der Waals surface area contributed by atoms with Gasteiger partial charge in [-0.15, -0.1) is 0 Å². The molecule has 0 fully saturated rings. The number of imidazole rings is 1. The van der Waals surface area contributed by atoms with Crippen LogP contribution in [0, 0.1) is 0 Å². The summed E-state index contributed by atoms with van der Waals surface area (Å²) in [6, 6.07) is 22.2. The summed E-state index contributed by atoms with van der Waals surface area (Å²) in [5, 5.41) is 3.81. The SMILES string of the molecule is C[C@H](Sc1nc2cc(Cl)ccc2n1Cc1ccccc1)C(=O)Nc1ccc(C(N)=O)cc1. The molecular formula is C24H21ClN4O2S. The summed E-state index contributed by atoms with van der Waals surface area (Å²) in [5.74, 6) is -0.678. The Morgan fingerprint density at radius 2 is 1.81 bits per heavy atom. The van der Waals surface area contributed by atoms with Gasteiger partial charge in [0.05, 0.1) is 22.8 Å². The number of anilines is 1. The summed E-state index contributed by atoms with van der Waals surface area (Å²) in [7, 11) is 0. The lowest BCUT2D eigenvalue weighted by Crippen LogP contribution is -2.23. The van der Waals surface area contributed by atoms with Crippen LogP contribution in [-0.2, 0) is 11.3 Å². The van der Waals surface area contributed by atoms with Gasteiger partial charge in [-0.1, -0.05) is 53.7 Å². The normalized spacial score (nSPS) is 11.9. The van der Waals surface area contributed by atoms with E-state index in [2.05, 4.69) is 22.0 Å². The van der Waals surface area contributed by atoms with E-state index < -0.39 is 11.2 Å². The zero-order valence-electron chi connectivity index (χ0n) is 17.3. The van der Waals surface area contributed by atoms with Crippen molar-refractivity contribution in [3.8, 4) is 0 Å². The van der Waals surface area contributed by atoms with Gasteiger partial charge in [0.1, 0.15) is 0 Å². The van der Waals surface area contributed by atoms with E-state index in [4.69, 9.17) is 22.3 Å². The summed E-state index contributed by atoms with van der Waals surface area (Å²) in [5.41, 5.74) is 9.12. The molecule has 3 N–H and O–H groups in total. The minimum Gasteiger partial charge on any atom is -0.366 e. The van der Waals surface area contributed by atoms with Crippen LogP contribution in [0.5, 0.6) is 0 Å². The molecule has 8 heteroatoms. The molecule has 0 aliphatic rings. The first-order chi connectivity index (χ1) is 15.4. The summed E-state index contributed by atoms with van der Waals surface area (Å²) in [4.78, 5) is 28.8. The molecule has 4 aromatic rings.